The molecule has 0 bridgehead atoms. The minimum atomic E-state index is 0.712. The van der Waals surface area contributed by atoms with Crippen molar-refractivity contribution >= 4 is 0 Å². The first-order valence-corrected chi connectivity index (χ1v) is 6.97. The van der Waals surface area contributed by atoms with Crippen LogP contribution in [0.15, 0.2) is 0 Å². The number of hydrogen-bond acceptors (Lipinski definition) is 3. The molecule has 3 fully saturated rings. The number of nitrogens with zero attached hydrogens (tertiary/aromatic N) is 1. The summed E-state index contributed by atoms with van der Waals surface area (Å²) in [5.74, 6) is 0.724. The van der Waals surface area contributed by atoms with Crippen LogP contribution in [-0.2, 0) is 4.74 Å². The second-order valence-corrected chi connectivity index (χ2v) is 5.55. The first kappa shape index (κ1) is 11.0. The van der Waals surface area contributed by atoms with E-state index in [1.165, 1.54) is 38.8 Å². The number of ether oxygens (including phenoxy) is 1. The highest BCUT2D eigenvalue weighted by Crippen LogP contribution is 2.32. The smallest absolute Gasteiger partial charge is 0.0524 e. The Balaban J connectivity index is 1.81. The number of nitrogens with one attached hydrogen (secondary N) is 1. The number of rotatable bonds is 1. The third-order valence-corrected chi connectivity index (χ3v) is 4.78. The van der Waals surface area contributed by atoms with Crippen molar-refractivity contribution in [1.82, 2.24) is 10.2 Å². The highest BCUT2D eigenvalue weighted by molar-refractivity contribution is 4.97. The van der Waals surface area contributed by atoms with E-state index in [-0.39, 0.29) is 0 Å². The fourth-order valence-electron chi connectivity index (χ4n) is 3.98. The average molecular weight is 224 g/mol. The molecule has 16 heavy (non-hydrogen) atoms. The van der Waals surface area contributed by atoms with Crippen LogP contribution in [0.5, 0.6) is 0 Å². The van der Waals surface area contributed by atoms with Gasteiger partial charge < -0.3 is 10.1 Å². The van der Waals surface area contributed by atoms with Gasteiger partial charge in [0.25, 0.3) is 0 Å². The van der Waals surface area contributed by atoms with Gasteiger partial charge in [-0.15, -0.1) is 0 Å². The zero-order valence-electron chi connectivity index (χ0n) is 10.3. The van der Waals surface area contributed by atoms with Crippen LogP contribution in [0.25, 0.3) is 0 Å². The molecule has 3 aliphatic rings. The van der Waals surface area contributed by atoms with Gasteiger partial charge in [-0.2, -0.15) is 0 Å². The van der Waals surface area contributed by atoms with Gasteiger partial charge in [-0.1, -0.05) is 6.92 Å². The fourth-order valence-corrected chi connectivity index (χ4v) is 3.98. The van der Waals surface area contributed by atoms with E-state index in [1.54, 1.807) is 0 Å². The zero-order valence-corrected chi connectivity index (χ0v) is 10.3. The van der Waals surface area contributed by atoms with Crippen molar-refractivity contribution in [1.29, 1.82) is 0 Å². The molecule has 3 saturated heterocycles. The third kappa shape index (κ3) is 1.79. The number of fused-ring (bicyclic) bond motifs is 2. The Morgan fingerprint density at radius 3 is 3.19 bits per heavy atom. The molecular weight excluding hydrogens is 200 g/mol. The van der Waals surface area contributed by atoms with E-state index in [4.69, 9.17) is 4.74 Å². The molecule has 0 saturated carbocycles. The van der Waals surface area contributed by atoms with Crippen molar-refractivity contribution in [3.8, 4) is 0 Å². The first-order valence-electron chi connectivity index (χ1n) is 6.97. The van der Waals surface area contributed by atoms with E-state index in [0.29, 0.717) is 6.04 Å². The molecule has 0 aromatic rings. The zero-order chi connectivity index (χ0) is 11.0. The topological polar surface area (TPSA) is 24.5 Å². The van der Waals surface area contributed by atoms with Crippen LogP contribution < -0.4 is 5.32 Å². The van der Waals surface area contributed by atoms with Crippen LogP contribution in [0.1, 0.15) is 32.6 Å². The highest BCUT2D eigenvalue weighted by atomic mass is 16.5. The molecule has 0 aliphatic carbocycles. The van der Waals surface area contributed by atoms with Gasteiger partial charge in [0, 0.05) is 37.2 Å². The largest absolute Gasteiger partial charge is 0.381 e. The molecule has 3 heterocycles. The molecule has 3 rings (SSSR count). The van der Waals surface area contributed by atoms with E-state index in [9.17, 15) is 0 Å². The standard InChI is InChI=1S/C13H24N2O/c1-2-13-11-9-16-7-5-12(11)14-8-10-4-3-6-15(10)13/h10-14H,2-9H2,1H3/t10?,11-,12?,13+/m1/s1. The predicted molar refractivity (Wildman–Crippen MR) is 64.5 cm³/mol. The van der Waals surface area contributed by atoms with Gasteiger partial charge in [-0.25, -0.2) is 0 Å². The Bertz CT molecular complexity index is 246. The molecule has 4 atom stereocenters. The number of hydrogen-bond donors (Lipinski definition) is 1. The summed E-state index contributed by atoms with van der Waals surface area (Å²) in [5, 5.41) is 3.80. The molecule has 3 nitrogen and oxygen atoms in total. The maximum absolute atomic E-state index is 5.71. The minimum Gasteiger partial charge on any atom is -0.381 e. The molecule has 0 spiro atoms. The second-order valence-electron chi connectivity index (χ2n) is 5.55. The molecule has 3 heteroatoms. The Labute approximate surface area is 98.5 Å². The van der Waals surface area contributed by atoms with Crippen LogP contribution in [0.3, 0.4) is 0 Å². The highest BCUT2D eigenvalue weighted by Gasteiger charge is 2.41. The van der Waals surface area contributed by atoms with Gasteiger partial charge in [0.2, 0.25) is 0 Å². The van der Waals surface area contributed by atoms with Crippen molar-refractivity contribution < 1.29 is 4.74 Å². The minimum absolute atomic E-state index is 0.712. The van der Waals surface area contributed by atoms with Crippen LogP contribution in [-0.4, -0.2) is 49.3 Å². The molecule has 0 amide bonds. The van der Waals surface area contributed by atoms with E-state index < -0.39 is 0 Å². The molecular formula is C13H24N2O. The molecule has 0 radical (unpaired) electrons. The van der Waals surface area contributed by atoms with Crippen LogP contribution in [0.4, 0.5) is 0 Å². The summed E-state index contributed by atoms with van der Waals surface area (Å²) in [6, 6.07) is 2.27. The lowest BCUT2D eigenvalue weighted by Crippen LogP contribution is -2.49. The predicted octanol–water partition coefficient (Wildman–Crippen LogP) is 1.24. The summed E-state index contributed by atoms with van der Waals surface area (Å²) in [7, 11) is 0. The van der Waals surface area contributed by atoms with Gasteiger partial charge in [0.05, 0.1) is 6.61 Å². The van der Waals surface area contributed by atoms with Crippen LogP contribution in [0.2, 0.25) is 0 Å². The Kier molecular flexibility index (Phi) is 3.18. The maximum Gasteiger partial charge on any atom is 0.0524 e. The average Bonchev–Trinajstić information content (AvgIpc) is 2.72. The van der Waals surface area contributed by atoms with Crippen molar-refractivity contribution in [3.05, 3.63) is 0 Å². The van der Waals surface area contributed by atoms with Crippen molar-refractivity contribution in [2.24, 2.45) is 5.92 Å². The lowest BCUT2D eigenvalue weighted by Gasteiger charge is -2.39. The van der Waals surface area contributed by atoms with Gasteiger partial charge in [-0.05, 0) is 32.2 Å². The Morgan fingerprint density at radius 1 is 1.38 bits per heavy atom. The normalized spacial score (nSPS) is 44.8. The third-order valence-electron chi connectivity index (χ3n) is 4.78. The summed E-state index contributed by atoms with van der Waals surface area (Å²) in [6.07, 6.45) is 5.27. The first-order chi connectivity index (χ1) is 7.90. The summed E-state index contributed by atoms with van der Waals surface area (Å²) >= 11 is 0. The van der Waals surface area contributed by atoms with Gasteiger partial charge in [-0.3, -0.25) is 4.90 Å². The van der Waals surface area contributed by atoms with E-state index in [1.807, 2.05) is 0 Å². The fraction of sp³-hybridized carbons (Fsp3) is 1.00. The summed E-state index contributed by atoms with van der Waals surface area (Å²) in [6.45, 7) is 6.79. The molecule has 92 valence electrons. The Morgan fingerprint density at radius 2 is 2.31 bits per heavy atom. The van der Waals surface area contributed by atoms with E-state index in [0.717, 1.165) is 31.2 Å². The SMILES string of the molecule is CC[C@H]1[C@@H]2COCCC2NCC2CCCN21. The summed E-state index contributed by atoms with van der Waals surface area (Å²) in [4.78, 5) is 2.77. The van der Waals surface area contributed by atoms with Crippen molar-refractivity contribution in [2.45, 2.75) is 50.7 Å². The molecule has 1 N–H and O–H groups in total. The summed E-state index contributed by atoms with van der Waals surface area (Å²) < 4.78 is 5.71. The molecule has 0 aromatic carbocycles. The Hall–Kier alpha value is -0.120. The monoisotopic (exact) mass is 224 g/mol. The molecule has 2 unspecified atom stereocenters. The van der Waals surface area contributed by atoms with E-state index >= 15 is 0 Å². The van der Waals surface area contributed by atoms with Gasteiger partial charge in [0.1, 0.15) is 0 Å². The maximum atomic E-state index is 5.71. The lowest BCUT2D eigenvalue weighted by molar-refractivity contribution is -0.000285. The molecule has 3 aliphatic heterocycles. The molecule has 0 aromatic heterocycles. The quantitative estimate of drug-likeness (QED) is 0.725. The summed E-state index contributed by atoms with van der Waals surface area (Å²) in [5.41, 5.74) is 0. The van der Waals surface area contributed by atoms with Crippen LogP contribution >= 0.6 is 0 Å². The van der Waals surface area contributed by atoms with E-state index in [2.05, 4.69) is 17.1 Å². The lowest BCUT2D eigenvalue weighted by atomic mass is 9.87. The second kappa shape index (κ2) is 4.63. The van der Waals surface area contributed by atoms with Gasteiger partial charge in [0.15, 0.2) is 0 Å². The van der Waals surface area contributed by atoms with Crippen molar-refractivity contribution in [3.63, 3.8) is 0 Å². The van der Waals surface area contributed by atoms with Crippen molar-refractivity contribution in [2.75, 3.05) is 26.3 Å². The van der Waals surface area contributed by atoms with Crippen LogP contribution in [0, 0.1) is 5.92 Å². The van der Waals surface area contributed by atoms with Gasteiger partial charge >= 0.3 is 0 Å².